The van der Waals surface area contributed by atoms with Crippen molar-refractivity contribution in [3.63, 3.8) is 0 Å². The summed E-state index contributed by atoms with van der Waals surface area (Å²) in [7, 11) is 0. The molecule has 1 aliphatic rings. The van der Waals surface area contributed by atoms with Crippen LogP contribution >= 0.6 is 0 Å². The van der Waals surface area contributed by atoms with Gasteiger partial charge in [0.2, 0.25) is 0 Å². The zero-order valence-corrected chi connectivity index (χ0v) is 16.3. The first-order valence-corrected chi connectivity index (χ1v) is 9.82. The first kappa shape index (κ1) is 19.1. The number of nitrogens with zero attached hydrogens (tertiary/aromatic N) is 5. The highest BCUT2D eigenvalue weighted by Gasteiger charge is 2.22. The Morgan fingerprint density at radius 1 is 1.31 bits per heavy atom. The lowest BCUT2D eigenvalue weighted by atomic mass is 10.1. The number of anilines is 2. The molecule has 3 N–H and O–H groups in total. The van der Waals surface area contributed by atoms with Crippen molar-refractivity contribution in [2.24, 2.45) is 0 Å². The number of nitrogens with one attached hydrogen (secondary N) is 1. The maximum atomic E-state index is 13.0. The van der Waals surface area contributed by atoms with Gasteiger partial charge in [-0.05, 0) is 50.8 Å². The molecule has 152 valence electrons. The molecule has 0 bridgehead atoms. The van der Waals surface area contributed by atoms with E-state index in [-0.39, 0.29) is 29.1 Å². The lowest BCUT2D eigenvalue weighted by Crippen LogP contribution is -2.33. The second-order valence-electron chi connectivity index (χ2n) is 7.39. The number of rotatable bonds is 6. The standard InChI is InChI=1S/C20H24FN7O/c1-13(4-6-15-7-5-14(21)12-23-15)24-20(29)17-18(22)26-28-11-8-16(25-19(17)28)27-9-2-3-10-27/h5,7-8,11-13H,2-4,6,9-10H2,1H3,(H2,22,26)(H,24,29). The summed E-state index contributed by atoms with van der Waals surface area (Å²) in [6.45, 7) is 3.83. The highest BCUT2D eigenvalue weighted by atomic mass is 19.1. The van der Waals surface area contributed by atoms with Gasteiger partial charge in [-0.3, -0.25) is 9.78 Å². The fraction of sp³-hybridized carbons (Fsp3) is 0.400. The van der Waals surface area contributed by atoms with E-state index in [1.807, 2.05) is 13.0 Å². The number of aromatic nitrogens is 4. The van der Waals surface area contributed by atoms with Crippen LogP contribution in [0.25, 0.3) is 5.65 Å². The number of nitrogen functional groups attached to an aromatic ring is 1. The minimum atomic E-state index is -0.362. The summed E-state index contributed by atoms with van der Waals surface area (Å²) in [5.74, 6) is 0.322. The van der Waals surface area contributed by atoms with E-state index in [1.165, 1.54) is 16.8 Å². The molecule has 3 aromatic heterocycles. The third kappa shape index (κ3) is 4.13. The first-order valence-electron chi connectivity index (χ1n) is 9.82. The monoisotopic (exact) mass is 397 g/mol. The van der Waals surface area contributed by atoms with Gasteiger partial charge in [0.25, 0.3) is 5.91 Å². The Kier molecular flexibility index (Phi) is 5.28. The first-order chi connectivity index (χ1) is 14.0. The molecule has 0 saturated carbocycles. The molecule has 0 aromatic carbocycles. The lowest BCUT2D eigenvalue weighted by Gasteiger charge is -2.16. The second-order valence-corrected chi connectivity index (χ2v) is 7.39. The van der Waals surface area contributed by atoms with Crippen LogP contribution in [-0.2, 0) is 6.42 Å². The summed E-state index contributed by atoms with van der Waals surface area (Å²) in [6, 6.07) is 4.81. The van der Waals surface area contributed by atoms with E-state index in [0.717, 1.165) is 37.4 Å². The van der Waals surface area contributed by atoms with Crippen LogP contribution in [0.3, 0.4) is 0 Å². The molecule has 3 aromatic rings. The molecule has 4 heterocycles. The molecule has 0 radical (unpaired) electrons. The molecule has 1 unspecified atom stereocenters. The Bertz CT molecular complexity index is 1010. The van der Waals surface area contributed by atoms with E-state index in [9.17, 15) is 9.18 Å². The van der Waals surface area contributed by atoms with Crippen molar-refractivity contribution in [2.45, 2.75) is 38.6 Å². The lowest BCUT2D eigenvalue weighted by molar-refractivity contribution is 0.0940. The molecule has 1 saturated heterocycles. The summed E-state index contributed by atoms with van der Waals surface area (Å²) in [5.41, 5.74) is 7.54. The average molecular weight is 397 g/mol. The SMILES string of the molecule is CC(CCc1ccc(F)cn1)NC(=O)c1c(N)nn2ccc(N3CCCC3)nc12. The Morgan fingerprint density at radius 2 is 2.10 bits per heavy atom. The van der Waals surface area contributed by atoms with Gasteiger partial charge in [0, 0.05) is 31.0 Å². The van der Waals surface area contributed by atoms with Crippen molar-refractivity contribution in [3.8, 4) is 0 Å². The number of hydrogen-bond acceptors (Lipinski definition) is 6. The molecule has 1 fully saturated rings. The van der Waals surface area contributed by atoms with Crippen LogP contribution in [0.1, 0.15) is 42.2 Å². The van der Waals surface area contributed by atoms with Crippen LogP contribution in [0.15, 0.2) is 30.6 Å². The molecule has 0 aliphatic carbocycles. The van der Waals surface area contributed by atoms with Crippen LogP contribution in [0.5, 0.6) is 0 Å². The number of aryl methyl sites for hydroxylation is 1. The highest BCUT2D eigenvalue weighted by Crippen LogP contribution is 2.22. The van der Waals surface area contributed by atoms with Crippen LogP contribution in [0.4, 0.5) is 16.0 Å². The minimum Gasteiger partial charge on any atom is -0.381 e. The number of fused-ring (bicyclic) bond motifs is 1. The number of halogens is 1. The molecule has 9 heteroatoms. The predicted octanol–water partition coefficient (Wildman–Crippen LogP) is 2.20. The molecule has 8 nitrogen and oxygen atoms in total. The van der Waals surface area contributed by atoms with Crippen molar-refractivity contribution in [3.05, 3.63) is 47.7 Å². The smallest absolute Gasteiger partial charge is 0.259 e. The molecule has 4 rings (SSSR count). The number of hydrogen-bond donors (Lipinski definition) is 2. The average Bonchev–Trinajstić information content (AvgIpc) is 3.34. The van der Waals surface area contributed by atoms with Gasteiger partial charge in [0.15, 0.2) is 11.5 Å². The van der Waals surface area contributed by atoms with Gasteiger partial charge in [-0.25, -0.2) is 13.9 Å². The largest absolute Gasteiger partial charge is 0.381 e. The number of amides is 1. The van der Waals surface area contributed by atoms with E-state index >= 15 is 0 Å². The van der Waals surface area contributed by atoms with Gasteiger partial charge in [0.05, 0.1) is 6.20 Å². The zero-order chi connectivity index (χ0) is 20.4. The van der Waals surface area contributed by atoms with Gasteiger partial charge < -0.3 is 16.0 Å². The Balaban J connectivity index is 1.47. The number of nitrogens with two attached hydrogens (primary N) is 1. The van der Waals surface area contributed by atoms with Crippen molar-refractivity contribution in [1.29, 1.82) is 0 Å². The third-order valence-electron chi connectivity index (χ3n) is 5.15. The highest BCUT2D eigenvalue weighted by molar-refractivity contribution is 6.04. The van der Waals surface area contributed by atoms with Crippen molar-refractivity contribution >= 4 is 23.2 Å². The van der Waals surface area contributed by atoms with Crippen molar-refractivity contribution in [2.75, 3.05) is 23.7 Å². The second kappa shape index (κ2) is 8.02. The summed E-state index contributed by atoms with van der Waals surface area (Å²) in [4.78, 5) is 23.8. The van der Waals surface area contributed by atoms with Gasteiger partial charge >= 0.3 is 0 Å². The van der Waals surface area contributed by atoms with Gasteiger partial charge in [-0.15, -0.1) is 5.10 Å². The summed E-state index contributed by atoms with van der Waals surface area (Å²) < 4.78 is 14.5. The topological polar surface area (TPSA) is 101 Å². The maximum absolute atomic E-state index is 13.0. The van der Waals surface area contributed by atoms with Crippen LogP contribution in [-0.4, -0.2) is 44.6 Å². The summed E-state index contributed by atoms with van der Waals surface area (Å²) in [6.07, 6.45) is 6.55. The molecule has 0 spiro atoms. The fourth-order valence-electron chi connectivity index (χ4n) is 3.56. The number of carbonyl (C=O) groups is 1. The minimum absolute atomic E-state index is 0.120. The molecule has 1 atom stereocenters. The number of pyridine rings is 1. The van der Waals surface area contributed by atoms with E-state index in [4.69, 9.17) is 5.73 Å². The molecule has 1 aliphatic heterocycles. The third-order valence-corrected chi connectivity index (χ3v) is 5.15. The van der Waals surface area contributed by atoms with Crippen LogP contribution in [0.2, 0.25) is 0 Å². The quantitative estimate of drug-likeness (QED) is 0.661. The van der Waals surface area contributed by atoms with Gasteiger partial charge in [-0.1, -0.05) is 0 Å². The fourth-order valence-corrected chi connectivity index (χ4v) is 3.56. The van der Waals surface area contributed by atoms with Gasteiger partial charge in [-0.2, -0.15) is 0 Å². The van der Waals surface area contributed by atoms with Crippen LogP contribution in [0, 0.1) is 5.82 Å². The van der Waals surface area contributed by atoms with Crippen LogP contribution < -0.4 is 16.0 Å². The van der Waals surface area contributed by atoms with E-state index in [2.05, 4.69) is 25.3 Å². The van der Waals surface area contributed by atoms with E-state index in [1.54, 1.807) is 12.3 Å². The zero-order valence-electron chi connectivity index (χ0n) is 16.3. The van der Waals surface area contributed by atoms with E-state index in [0.29, 0.717) is 18.5 Å². The molecular weight excluding hydrogens is 373 g/mol. The Labute approximate surface area is 167 Å². The number of carbonyl (C=O) groups excluding carboxylic acids is 1. The Morgan fingerprint density at radius 3 is 2.83 bits per heavy atom. The molecule has 1 amide bonds. The molecule has 29 heavy (non-hydrogen) atoms. The van der Waals surface area contributed by atoms with E-state index < -0.39 is 0 Å². The summed E-state index contributed by atoms with van der Waals surface area (Å²) in [5, 5.41) is 7.18. The van der Waals surface area contributed by atoms with Crippen molar-refractivity contribution < 1.29 is 9.18 Å². The normalized spacial score (nSPS) is 15.0. The predicted molar refractivity (Wildman–Crippen MR) is 108 cm³/mol. The maximum Gasteiger partial charge on any atom is 0.259 e. The summed E-state index contributed by atoms with van der Waals surface area (Å²) >= 11 is 0. The molecular formula is C20H24FN7O. The Hall–Kier alpha value is -3.23. The van der Waals surface area contributed by atoms with Crippen molar-refractivity contribution in [1.82, 2.24) is 24.9 Å². The van der Waals surface area contributed by atoms with Gasteiger partial charge in [0.1, 0.15) is 17.2 Å².